The Hall–Kier alpha value is -2.32. The number of hydrogen-bond acceptors (Lipinski definition) is 3. The molecule has 0 radical (unpaired) electrons. The Morgan fingerprint density at radius 1 is 0.966 bits per heavy atom. The minimum absolute atomic E-state index is 0.0437. The first-order valence-corrected chi connectivity index (χ1v) is 11.0. The number of sulfonamides is 1. The van der Waals surface area contributed by atoms with E-state index in [1.165, 1.54) is 22.5 Å². The lowest BCUT2D eigenvalue weighted by Gasteiger charge is -2.18. The third-order valence-corrected chi connectivity index (χ3v) is 6.73. The van der Waals surface area contributed by atoms with Gasteiger partial charge in [-0.3, -0.25) is 4.79 Å². The van der Waals surface area contributed by atoms with E-state index in [1.807, 2.05) is 0 Å². The van der Waals surface area contributed by atoms with Gasteiger partial charge < -0.3 is 5.32 Å². The van der Waals surface area contributed by atoms with Crippen LogP contribution in [0.1, 0.15) is 31.4 Å². The highest BCUT2D eigenvalue weighted by Gasteiger charge is 2.21. The van der Waals surface area contributed by atoms with Crippen LogP contribution < -0.4 is 5.32 Å². The highest BCUT2D eigenvalue weighted by molar-refractivity contribution is 7.89. The summed E-state index contributed by atoms with van der Waals surface area (Å²) in [6.45, 7) is 4.51. The van der Waals surface area contributed by atoms with Crippen molar-refractivity contribution in [3.05, 3.63) is 65.2 Å². The molecule has 0 aliphatic heterocycles. The van der Waals surface area contributed by atoms with Gasteiger partial charge in [0.25, 0.3) is 0 Å². The zero-order valence-electron chi connectivity index (χ0n) is 16.6. The summed E-state index contributed by atoms with van der Waals surface area (Å²) in [7, 11) is -3.50. The van der Waals surface area contributed by atoms with E-state index in [2.05, 4.69) is 5.32 Å². The molecule has 2 aromatic carbocycles. The second-order valence-electron chi connectivity index (χ2n) is 6.53. The van der Waals surface area contributed by atoms with Crippen molar-refractivity contribution in [3.63, 3.8) is 0 Å². The van der Waals surface area contributed by atoms with Crippen molar-refractivity contribution in [2.75, 3.05) is 19.6 Å². The fraction of sp³-hybridized carbons (Fsp3) is 0.381. The maximum atomic E-state index is 13.6. The average Bonchev–Trinajstić information content (AvgIpc) is 2.69. The Morgan fingerprint density at radius 2 is 1.55 bits per heavy atom. The molecule has 0 unspecified atom stereocenters. The van der Waals surface area contributed by atoms with Gasteiger partial charge in [-0.2, -0.15) is 4.31 Å². The zero-order chi connectivity index (χ0) is 21.4. The van der Waals surface area contributed by atoms with Crippen molar-refractivity contribution in [1.82, 2.24) is 9.62 Å². The second kappa shape index (κ2) is 10.5. The summed E-state index contributed by atoms with van der Waals surface area (Å²) in [4.78, 5) is 12.2. The van der Waals surface area contributed by atoms with Crippen LogP contribution in [0.15, 0.2) is 47.4 Å². The number of nitrogens with one attached hydrogen (secondary N) is 1. The van der Waals surface area contributed by atoms with Gasteiger partial charge >= 0.3 is 0 Å². The number of carbonyl (C=O) groups excluding carboxylic acids is 1. The average molecular weight is 425 g/mol. The summed E-state index contributed by atoms with van der Waals surface area (Å²) in [5, 5.41) is 2.65. The molecular weight excluding hydrogens is 398 g/mol. The SMILES string of the molecule is CCN(CC)S(=O)(=O)c1ccc(CCC(=O)NCCc2c(F)cccc2F)cc1. The first-order chi connectivity index (χ1) is 13.8. The number of rotatable bonds is 10. The van der Waals surface area contributed by atoms with E-state index in [9.17, 15) is 22.0 Å². The summed E-state index contributed by atoms with van der Waals surface area (Å²) in [5.74, 6) is -1.49. The van der Waals surface area contributed by atoms with E-state index in [0.29, 0.717) is 19.5 Å². The van der Waals surface area contributed by atoms with Gasteiger partial charge in [-0.25, -0.2) is 17.2 Å². The van der Waals surface area contributed by atoms with Crippen LogP contribution in [0.2, 0.25) is 0 Å². The van der Waals surface area contributed by atoms with Crippen molar-refractivity contribution in [2.24, 2.45) is 0 Å². The normalized spacial score (nSPS) is 11.6. The molecule has 0 aromatic heterocycles. The lowest BCUT2D eigenvalue weighted by molar-refractivity contribution is -0.121. The van der Waals surface area contributed by atoms with E-state index >= 15 is 0 Å². The standard InChI is InChI=1S/C21H26F2N2O3S/c1-3-25(4-2)29(27,28)17-11-8-16(9-12-17)10-13-21(26)24-15-14-18-19(22)6-5-7-20(18)23/h5-9,11-12H,3-4,10,13-15H2,1-2H3,(H,24,26). The Bertz CT molecular complexity index is 907. The van der Waals surface area contributed by atoms with E-state index in [4.69, 9.17) is 0 Å². The van der Waals surface area contributed by atoms with Crippen LogP contribution >= 0.6 is 0 Å². The fourth-order valence-corrected chi connectivity index (χ4v) is 4.44. The van der Waals surface area contributed by atoms with E-state index in [-0.39, 0.29) is 35.8 Å². The first-order valence-electron chi connectivity index (χ1n) is 9.58. The van der Waals surface area contributed by atoms with Gasteiger partial charge in [-0.05, 0) is 42.7 Å². The van der Waals surface area contributed by atoms with Gasteiger partial charge in [0.2, 0.25) is 15.9 Å². The van der Waals surface area contributed by atoms with E-state index in [0.717, 1.165) is 5.56 Å². The van der Waals surface area contributed by atoms with Gasteiger partial charge in [0.15, 0.2) is 0 Å². The molecule has 1 N–H and O–H groups in total. The molecule has 0 heterocycles. The maximum absolute atomic E-state index is 13.6. The Morgan fingerprint density at radius 3 is 2.10 bits per heavy atom. The van der Waals surface area contributed by atoms with Crippen molar-refractivity contribution in [1.29, 1.82) is 0 Å². The van der Waals surface area contributed by atoms with Gasteiger partial charge in [-0.15, -0.1) is 0 Å². The summed E-state index contributed by atoms with van der Waals surface area (Å²) in [5.41, 5.74) is 0.789. The molecule has 0 saturated carbocycles. The van der Waals surface area contributed by atoms with Gasteiger partial charge in [0.1, 0.15) is 11.6 Å². The Labute approximate surface area is 170 Å². The van der Waals surface area contributed by atoms with Crippen LogP contribution in [-0.2, 0) is 27.7 Å². The van der Waals surface area contributed by atoms with Crippen LogP contribution in [0.25, 0.3) is 0 Å². The molecular formula is C21H26F2N2O3S. The molecule has 2 rings (SSSR count). The molecule has 0 bridgehead atoms. The second-order valence-corrected chi connectivity index (χ2v) is 8.47. The summed E-state index contributed by atoms with van der Waals surface area (Å²) in [6.07, 6.45) is 0.704. The number of halogens is 2. The van der Waals surface area contributed by atoms with Crippen molar-refractivity contribution in [3.8, 4) is 0 Å². The highest BCUT2D eigenvalue weighted by atomic mass is 32.2. The summed E-state index contributed by atoms with van der Waals surface area (Å²) < 4.78 is 53.4. The summed E-state index contributed by atoms with van der Waals surface area (Å²) in [6, 6.07) is 10.1. The predicted molar refractivity (Wildman–Crippen MR) is 108 cm³/mol. The molecule has 5 nitrogen and oxygen atoms in total. The zero-order valence-corrected chi connectivity index (χ0v) is 17.4. The molecule has 29 heavy (non-hydrogen) atoms. The number of aryl methyl sites for hydroxylation is 1. The summed E-state index contributed by atoms with van der Waals surface area (Å²) >= 11 is 0. The Balaban J connectivity index is 1.84. The minimum atomic E-state index is -3.50. The molecule has 0 atom stereocenters. The number of benzene rings is 2. The third-order valence-electron chi connectivity index (χ3n) is 4.67. The molecule has 1 amide bonds. The van der Waals surface area contributed by atoms with Crippen LogP contribution in [0, 0.1) is 11.6 Å². The predicted octanol–water partition coefficient (Wildman–Crippen LogP) is 3.29. The molecule has 0 aliphatic carbocycles. The lowest BCUT2D eigenvalue weighted by Crippen LogP contribution is -2.30. The largest absolute Gasteiger partial charge is 0.356 e. The maximum Gasteiger partial charge on any atom is 0.243 e. The van der Waals surface area contributed by atoms with Crippen LogP contribution in [-0.4, -0.2) is 38.3 Å². The quantitative estimate of drug-likeness (QED) is 0.637. The minimum Gasteiger partial charge on any atom is -0.356 e. The fourth-order valence-electron chi connectivity index (χ4n) is 2.99. The van der Waals surface area contributed by atoms with E-state index < -0.39 is 21.7 Å². The van der Waals surface area contributed by atoms with Gasteiger partial charge in [0, 0.05) is 31.6 Å². The van der Waals surface area contributed by atoms with Crippen LogP contribution in [0.3, 0.4) is 0 Å². The first kappa shape index (κ1) is 23.0. The van der Waals surface area contributed by atoms with Gasteiger partial charge in [-0.1, -0.05) is 32.0 Å². The van der Waals surface area contributed by atoms with Crippen molar-refractivity contribution < 1.29 is 22.0 Å². The monoisotopic (exact) mass is 424 g/mol. The topological polar surface area (TPSA) is 66.5 Å². The molecule has 0 spiro atoms. The highest BCUT2D eigenvalue weighted by Crippen LogP contribution is 2.17. The number of nitrogens with zero attached hydrogens (tertiary/aromatic N) is 1. The number of carbonyl (C=O) groups is 1. The van der Waals surface area contributed by atoms with Crippen molar-refractivity contribution in [2.45, 2.75) is 38.0 Å². The molecule has 0 fully saturated rings. The molecule has 0 aliphatic rings. The lowest BCUT2D eigenvalue weighted by atomic mass is 10.1. The molecule has 158 valence electrons. The van der Waals surface area contributed by atoms with Crippen molar-refractivity contribution >= 4 is 15.9 Å². The number of hydrogen-bond donors (Lipinski definition) is 1. The molecule has 8 heteroatoms. The van der Waals surface area contributed by atoms with Crippen LogP contribution in [0.5, 0.6) is 0 Å². The number of amides is 1. The molecule has 2 aromatic rings. The van der Waals surface area contributed by atoms with Crippen LogP contribution in [0.4, 0.5) is 8.78 Å². The van der Waals surface area contributed by atoms with E-state index in [1.54, 1.807) is 38.1 Å². The van der Waals surface area contributed by atoms with Gasteiger partial charge in [0.05, 0.1) is 4.90 Å². The Kier molecular flexibility index (Phi) is 8.28. The third kappa shape index (κ3) is 6.08. The smallest absolute Gasteiger partial charge is 0.243 e. The molecule has 0 saturated heterocycles.